The van der Waals surface area contributed by atoms with Crippen molar-refractivity contribution in [2.24, 2.45) is 0 Å². The predicted molar refractivity (Wildman–Crippen MR) is 54.3 cm³/mol. The quantitative estimate of drug-likeness (QED) is 0.777. The Morgan fingerprint density at radius 1 is 1.64 bits per heavy atom. The van der Waals surface area contributed by atoms with Crippen molar-refractivity contribution < 1.29 is 0 Å². The van der Waals surface area contributed by atoms with Crippen molar-refractivity contribution in [3.63, 3.8) is 0 Å². The van der Waals surface area contributed by atoms with Crippen molar-refractivity contribution in [1.29, 1.82) is 0 Å². The monoisotopic (exact) mass is 209 g/mol. The van der Waals surface area contributed by atoms with Gasteiger partial charge in [-0.2, -0.15) is 10.2 Å². The van der Waals surface area contributed by atoms with Crippen LogP contribution >= 0.6 is 12.2 Å². The number of hydrogen-bond acceptors (Lipinski definition) is 3. The van der Waals surface area contributed by atoms with E-state index in [2.05, 4.69) is 22.2 Å². The summed E-state index contributed by atoms with van der Waals surface area (Å²) >= 11 is 5.07. The minimum atomic E-state index is 0.251. The maximum absolute atomic E-state index is 5.07. The van der Waals surface area contributed by atoms with E-state index in [0.717, 1.165) is 6.54 Å². The van der Waals surface area contributed by atoms with Crippen molar-refractivity contribution in [3.05, 3.63) is 29.6 Å². The van der Waals surface area contributed by atoms with Crippen LogP contribution in [-0.4, -0.2) is 24.5 Å². The number of aromatic nitrogens is 5. The van der Waals surface area contributed by atoms with E-state index < -0.39 is 0 Å². The molecule has 2 aromatic rings. The molecule has 0 aliphatic heterocycles. The molecule has 2 aromatic heterocycles. The molecule has 0 aliphatic rings. The Hall–Kier alpha value is -1.43. The van der Waals surface area contributed by atoms with Crippen molar-refractivity contribution in [2.75, 3.05) is 0 Å². The average molecular weight is 209 g/mol. The first-order valence-corrected chi connectivity index (χ1v) is 4.77. The highest BCUT2D eigenvalue weighted by molar-refractivity contribution is 7.71. The second-order valence-corrected chi connectivity index (χ2v) is 3.53. The van der Waals surface area contributed by atoms with Gasteiger partial charge in [-0.05, 0) is 25.2 Å². The van der Waals surface area contributed by atoms with E-state index in [1.807, 2.05) is 21.5 Å². The summed E-state index contributed by atoms with van der Waals surface area (Å²) in [6.45, 7) is 2.87. The molecule has 0 aliphatic carbocycles. The first-order valence-electron chi connectivity index (χ1n) is 4.36. The highest BCUT2D eigenvalue weighted by atomic mass is 32.1. The second-order valence-electron chi connectivity index (χ2n) is 3.15. The van der Waals surface area contributed by atoms with E-state index in [1.165, 1.54) is 0 Å². The van der Waals surface area contributed by atoms with Crippen molar-refractivity contribution >= 4 is 12.2 Å². The van der Waals surface area contributed by atoms with Crippen molar-refractivity contribution in [3.8, 4) is 0 Å². The Labute approximate surface area is 86.4 Å². The number of H-pyrrole nitrogens is 1. The van der Waals surface area contributed by atoms with E-state index >= 15 is 0 Å². The lowest BCUT2D eigenvalue weighted by atomic mass is 10.3. The minimum absolute atomic E-state index is 0.251. The van der Waals surface area contributed by atoms with E-state index in [4.69, 9.17) is 12.2 Å². The summed E-state index contributed by atoms with van der Waals surface area (Å²) in [5.41, 5.74) is 0. The lowest BCUT2D eigenvalue weighted by molar-refractivity contribution is 0.433. The molecule has 1 N–H and O–H groups in total. The highest BCUT2D eigenvalue weighted by Crippen LogP contribution is 2.07. The fourth-order valence-corrected chi connectivity index (χ4v) is 1.62. The third kappa shape index (κ3) is 1.74. The van der Waals surface area contributed by atoms with Crippen LogP contribution in [0.5, 0.6) is 0 Å². The fourth-order valence-electron chi connectivity index (χ4n) is 1.34. The second kappa shape index (κ2) is 3.75. The van der Waals surface area contributed by atoms with Gasteiger partial charge >= 0.3 is 0 Å². The van der Waals surface area contributed by atoms with Gasteiger partial charge in [-0.15, -0.1) is 0 Å². The third-order valence-corrected chi connectivity index (χ3v) is 2.36. The number of nitrogens with zero attached hydrogens (tertiary/aromatic N) is 4. The lowest BCUT2D eigenvalue weighted by Gasteiger charge is -2.11. The van der Waals surface area contributed by atoms with E-state index in [9.17, 15) is 0 Å². The largest absolute Gasteiger partial charge is 0.302 e. The van der Waals surface area contributed by atoms with Crippen LogP contribution in [0.2, 0.25) is 0 Å². The Balaban J connectivity index is 2.14. The minimum Gasteiger partial charge on any atom is -0.302 e. The molecular weight excluding hydrogens is 198 g/mol. The van der Waals surface area contributed by atoms with Crippen molar-refractivity contribution in [2.45, 2.75) is 19.5 Å². The van der Waals surface area contributed by atoms with Gasteiger partial charge < -0.3 is 4.57 Å². The molecule has 6 heteroatoms. The molecule has 0 fully saturated rings. The van der Waals surface area contributed by atoms with Gasteiger partial charge in [-0.25, -0.2) is 0 Å². The molecule has 1 unspecified atom stereocenters. The van der Waals surface area contributed by atoms with E-state index in [1.54, 1.807) is 12.5 Å². The first kappa shape index (κ1) is 9.14. The average Bonchev–Trinajstić information content (AvgIpc) is 2.75. The highest BCUT2D eigenvalue weighted by Gasteiger charge is 2.06. The van der Waals surface area contributed by atoms with Crippen LogP contribution in [0.3, 0.4) is 0 Å². The summed E-state index contributed by atoms with van der Waals surface area (Å²) < 4.78 is 4.43. The molecule has 1 atom stereocenters. The number of hydrogen-bond donors (Lipinski definition) is 1. The molecule has 0 spiro atoms. The summed E-state index contributed by atoms with van der Waals surface area (Å²) in [4.78, 5) is 0. The van der Waals surface area contributed by atoms with E-state index in [0.29, 0.717) is 4.77 Å². The van der Waals surface area contributed by atoms with Crippen LogP contribution in [0.1, 0.15) is 13.0 Å². The summed E-state index contributed by atoms with van der Waals surface area (Å²) in [7, 11) is 0. The molecule has 2 heterocycles. The molecular formula is C8H11N5S. The zero-order chi connectivity index (χ0) is 9.97. The molecule has 0 radical (unpaired) electrons. The Kier molecular flexibility index (Phi) is 2.45. The van der Waals surface area contributed by atoms with Gasteiger partial charge in [0.15, 0.2) is 4.77 Å². The molecule has 0 saturated carbocycles. The maximum Gasteiger partial charge on any atom is 0.195 e. The van der Waals surface area contributed by atoms with Gasteiger partial charge in [0.2, 0.25) is 0 Å². The van der Waals surface area contributed by atoms with Crippen LogP contribution in [0.15, 0.2) is 24.8 Å². The zero-order valence-corrected chi connectivity index (χ0v) is 8.61. The number of nitrogens with one attached hydrogen (secondary N) is 1. The zero-order valence-electron chi connectivity index (χ0n) is 7.79. The van der Waals surface area contributed by atoms with Crippen LogP contribution in [-0.2, 0) is 6.54 Å². The smallest absolute Gasteiger partial charge is 0.195 e. The number of aromatic amines is 1. The summed E-state index contributed by atoms with van der Waals surface area (Å²) in [6.07, 6.45) is 5.40. The molecule has 0 amide bonds. The van der Waals surface area contributed by atoms with E-state index in [-0.39, 0.29) is 6.04 Å². The van der Waals surface area contributed by atoms with Gasteiger partial charge in [0.05, 0.1) is 12.6 Å². The first-order chi connectivity index (χ1) is 6.77. The van der Waals surface area contributed by atoms with Crippen molar-refractivity contribution in [1.82, 2.24) is 24.5 Å². The predicted octanol–water partition coefficient (Wildman–Crippen LogP) is 1.40. The van der Waals surface area contributed by atoms with Crippen LogP contribution in [0.4, 0.5) is 0 Å². The summed E-state index contributed by atoms with van der Waals surface area (Å²) in [5, 5.41) is 10.7. The summed E-state index contributed by atoms with van der Waals surface area (Å²) in [5.74, 6) is 0. The Morgan fingerprint density at radius 2 is 2.50 bits per heavy atom. The lowest BCUT2D eigenvalue weighted by Crippen LogP contribution is -2.12. The Bertz CT molecular complexity index is 440. The SMILES string of the molecule is CC(Cn1cccn1)n1cn[nH]c1=S. The topological polar surface area (TPSA) is 51.4 Å². The fraction of sp³-hybridized carbons (Fsp3) is 0.375. The third-order valence-electron chi connectivity index (χ3n) is 2.06. The molecule has 2 rings (SSSR count). The normalized spacial score (nSPS) is 12.9. The van der Waals surface area contributed by atoms with Crippen LogP contribution in [0.25, 0.3) is 0 Å². The molecule has 74 valence electrons. The standard InChI is InChI=1S/C8H11N5S/c1-7(5-12-4-2-3-10-12)13-6-9-11-8(13)14/h2-4,6-7H,5H2,1H3,(H,11,14). The molecule has 0 bridgehead atoms. The van der Waals surface area contributed by atoms with Gasteiger partial charge in [0.1, 0.15) is 6.33 Å². The van der Waals surface area contributed by atoms with Crippen LogP contribution < -0.4 is 0 Å². The molecule has 0 saturated heterocycles. The summed E-state index contributed by atoms with van der Waals surface area (Å²) in [6, 6.07) is 2.16. The van der Waals surface area contributed by atoms with Gasteiger partial charge in [0.25, 0.3) is 0 Å². The molecule has 14 heavy (non-hydrogen) atoms. The van der Waals surface area contributed by atoms with Gasteiger partial charge in [0, 0.05) is 12.4 Å². The number of rotatable bonds is 3. The molecule has 0 aromatic carbocycles. The van der Waals surface area contributed by atoms with Crippen LogP contribution in [0, 0.1) is 4.77 Å². The maximum atomic E-state index is 5.07. The van der Waals surface area contributed by atoms with Gasteiger partial charge in [-0.1, -0.05) is 0 Å². The molecule has 5 nitrogen and oxygen atoms in total. The Morgan fingerprint density at radius 3 is 3.07 bits per heavy atom. The van der Waals surface area contributed by atoms with Gasteiger partial charge in [-0.3, -0.25) is 9.78 Å².